The van der Waals surface area contributed by atoms with Gasteiger partial charge in [0.05, 0.1) is 23.4 Å². The largest absolute Gasteiger partial charge is 0.394 e. The molecule has 2 N–H and O–H groups in total. The van der Waals surface area contributed by atoms with Crippen LogP contribution in [0.5, 0.6) is 0 Å². The molecule has 0 bridgehead atoms. The summed E-state index contributed by atoms with van der Waals surface area (Å²) < 4.78 is 43.5. The van der Waals surface area contributed by atoms with Gasteiger partial charge in [0, 0.05) is 19.2 Å². The number of benzene rings is 1. The molecule has 162 valence electrons. The van der Waals surface area contributed by atoms with Crippen LogP contribution in [-0.2, 0) is 13.1 Å². The third-order valence-electron chi connectivity index (χ3n) is 6.12. The lowest BCUT2D eigenvalue weighted by Crippen LogP contribution is -2.49. The van der Waals surface area contributed by atoms with Crippen LogP contribution in [-0.4, -0.2) is 51.2 Å². The van der Waals surface area contributed by atoms with Crippen molar-refractivity contribution in [3.63, 3.8) is 0 Å². The molecule has 1 fully saturated rings. The third kappa shape index (κ3) is 3.72. The fraction of sp³-hybridized carbons (Fsp3) is 0.524. The van der Waals surface area contributed by atoms with Crippen LogP contribution in [0.15, 0.2) is 12.1 Å². The van der Waals surface area contributed by atoms with Gasteiger partial charge in [-0.25, -0.2) is 18.2 Å². The Balaban J connectivity index is 1.80. The molecule has 2 aliphatic rings. The summed E-state index contributed by atoms with van der Waals surface area (Å²) in [5.74, 6) is -3.73. The molecule has 0 atom stereocenters. The molecule has 1 amide bonds. The Morgan fingerprint density at radius 3 is 2.53 bits per heavy atom. The van der Waals surface area contributed by atoms with E-state index < -0.39 is 28.9 Å². The summed E-state index contributed by atoms with van der Waals surface area (Å²) in [6.07, 6.45) is 3.91. The van der Waals surface area contributed by atoms with Crippen LogP contribution >= 0.6 is 0 Å². The molecule has 0 radical (unpaired) electrons. The minimum Gasteiger partial charge on any atom is -0.394 e. The lowest BCUT2D eigenvalue weighted by Gasteiger charge is -2.27. The van der Waals surface area contributed by atoms with Crippen molar-refractivity contribution in [2.24, 2.45) is 0 Å². The molecule has 1 aliphatic carbocycles. The third-order valence-corrected chi connectivity index (χ3v) is 6.12. The highest BCUT2D eigenvalue weighted by Gasteiger charge is 2.37. The van der Waals surface area contributed by atoms with Crippen molar-refractivity contribution in [2.45, 2.75) is 50.7 Å². The molecule has 2 aromatic rings. The molecule has 9 heteroatoms. The summed E-state index contributed by atoms with van der Waals surface area (Å²) in [6, 6.07) is 1.27. The highest BCUT2D eigenvalue weighted by atomic mass is 19.2. The van der Waals surface area contributed by atoms with E-state index in [0.29, 0.717) is 37.7 Å². The number of aromatic nitrogens is 2. The van der Waals surface area contributed by atoms with Crippen LogP contribution in [0.2, 0.25) is 0 Å². The van der Waals surface area contributed by atoms with Crippen LogP contribution < -0.4 is 5.32 Å². The van der Waals surface area contributed by atoms with Gasteiger partial charge in [0.15, 0.2) is 17.3 Å². The van der Waals surface area contributed by atoms with Gasteiger partial charge in [-0.05, 0) is 38.9 Å². The van der Waals surface area contributed by atoms with E-state index in [1.807, 2.05) is 11.9 Å². The maximum absolute atomic E-state index is 14.5. The number of fused-ring (bicyclic) bond motifs is 1. The zero-order valence-electron chi connectivity index (χ0n) is 16.8. The summed E-state index contributed by atoms with van der Waals surface area (Å²) in [5, 5.41) is 12.8. The molecule has 0 saturated heterocycles. The van der Waals surface area contributed by atoms with E-state index in [1.54, 1.807) is 4.57 Å². The number of hydrogen-bond donors (Lipinski definition) is 2. The second-order valence-corrected chi connectivity index (χ2v) is 8.32. The lowest BCUT2D eigenvalue weighted by atomic mass is 9.98. The highest BCUT2D eigenvalue weighted by molar-refractivity contribution is 5.95. The number of carbonyl (C=O) groups excluding carboxylic acids is 1. The SMILES string of the molecule is CN1CCCn2c(-c3cc(F)c(F)cc3F)nc(C(=O)NC3(CO)CCCC3)c2C1. The quantitative estimate of drug-likeness (QED) is 0.744. The second-order valence-electron chi connectivity index (χ2n) is 8.32. The number of nitrogens with zero attached hydrogens (tertiary/aromatic N) is 3. The summed E-state index contributed by atoms with van der Waals surface area (Å²) in [4.78, 5) is 19.6. The van der Waals surface area contributed by atoms with Gasteiger partial charge < -0.3 is 19.9 Å². The van der Waals surface area contributed by atoms with Crippen LogP contribution in [0.4, 0.5) is 13.2 Å². The summed E-state index contributed by atoms with van der Waals surface area (Å²) >= 11 is 0. The molecule has 1 aliphatic heterocycles. The van der Waals surface area contributed by atoms with Gasteiger partial charge in [0.2, 0.25) is 0 Å². The molecule has 6 nitrogen and oxygen atoms in total. The first-order valence-electron chi connectivity index (χ1n) is 10.2. The number of rotatable bonds is 4. The van der Waals surface area contributed by atoms with Crippen molar-refractivity contribution in [1.82, 2.24) is 19.8 Å². The Bertz CT molecular complexity index is 970. The van der Waals surface area contributed by atoms with Gasteiger partial charge in [-0.3, -0.25) is 4.79 Å². The van der Waals surface area contributed by atoms with Gasteiger partial charge in [-0.2, -0.15) is 0 Å². The summed E-state index contributed by atoms with van der Waals surface area (Å²) in [7, 11) is 1.91. The number of amides is 1. The Kier molecular flexibility index (Phi) is 5.59. The van der Waals surface area contributed by atoms with Crippen molar-refractivity contribution in [3.8, 4) is 11.4 Å². The van der Waals surface area contributed by atoms with E-state index in [9.17, 15) is 23.1 Å². The first kappa shape index (κ1) is 20.9. The minimum absolute atomic E-state index is 0.103. The van der Waals surface area contributed by atoms with E-state index in [1.165, 1.54) is 0 Å². The monoisotopic (exact) mass is 422 g/mol. The Labute approximate surface area is 172 Å². The molecule has 30 heavy (non-hydrogen) atoms. The zero-order chi connectivity index (χ0) is 21.5. The Morgan fingerprint density at radius 2 is 1.83 bits per heavy atom. The van der Waals surface area contributed by atoms with Crippen molar-refractivity contribution < 1.29 is 23.1 Å². The molecule has 1 aromatic carbocycles. The van der Waals surface area contributed by atoms with Crippen molar-refractivity contribution in [2.75, 3.05) is 20.2 Å². The predicted octanol–water partition coefficient (Wildman–Crippen LogP) is 2.84. The number of halogens is 3. The molecule has 2 heterocycles. The normalized spacial score (nSPS) is 18.8. The fourth-order valence-electron chi connectivity index (χ4n) is 4.48. The van der Waals surface area contributed by atoms with Gasteiger partial charge in [0.1, 0.15) is 11.6 Å². The number of aliphatic hydroxyl groups is 1. The Hall–Kier alpha value is -2.39. The highest BCUT2D eigenvalue weighted by Crippen LogP contribution is 2.32. The first-order chi connectivity index (χ1) is 14.3. The van der Waals surface area contributed by atoms with E-state index in [-0.39, 0.29) is 23.7 Å². The maximum atomic E-state index is 14.5. The van der Waals surface area contributed by atoms with Crippen LogP contribution in [0.3, 0.4) is 0 Å². The number of hydrogen-bond acceptors (Lipinski definition) is 4. The van der Waals surface area contributed by atoms with Gasteiger partial charge in [0.25, 0.3) is 5.91 Å². The average molecular weight is 422 g/mol. The zero-order valence-corrected chi connectivity index (χ0v) is 16.8. The van der Waals surface area contributed by atoms with Crippen LogP contribution in [0, 0.1) is 17.5 Å². The first-order valence-corrected chi connectivity index (χ1v) is 10.2. The van der Waals surface area contributed by atoms with Crippen LogP contribution in [0.25, 0.3) is 11.4 Å². The number of imidazole rings is 1. The van der Waals surface area contributed by atoms with Crippen molar-refractivity contribution in [1.29, 1.82) is 0 Å². The van der Waals surface area contributed by atoms with Crippen LogP contribution in [0.1, 0.15) is 48.3 Å². The fourth-order valence-corrected chi connectivity index (χ4v) is 4.48. The summed E-state index contributed by atoms with van der Waals surface area (Å²) in [5.41, 5.74) is -0.144. The van der Waals surface area contributed by atoms with E-state index in [4.69, 9.17) is 0 Å². The molecule has 1 aromatic heterocycles. The minimum atomic E-state index is -1.28. The number of carbonyl (C=O) groups is 1. The standard InChI is InChI=1S/C21H25F3N4O2/c1-27-7-4-8-28-17(11-27)18(20(30)26-21(12-29)5-2-3-6-21)25-19(28)13-9-15(23)16(24)10-14(13)22/h9-10,29H,2-8,11-12H2,1H3,(H,26,30). The smallest absolute Gasteiger partial charge is 0.272 e. The topological polar surface area (TPSA) is 70.4 Å². The van der Waals surface area contributed by atoms with Crippen molar-refractivity contribution >= 4 is 5.91 Å². The molecule has 1 saturated carbocycles. The predicted molar refractivity (Wildman–Crippen MR) is 104 cm³/mol. The Morgan fingerprint density at radius 1 is 1.13 bits per heavy atom. The van der Waals surface area contributed by atoms with E-state index in [2.05, 4.69) is 10.3 Å². The summed E-state index contributed by atoms with van der Waals surface area (Å²) in [6.45, 7) is 1.48. The van der Waals surface area contributed by atoms with Gasteiger partial charge in [-0.1, -0.05) is 12.8 Å². The van der Waals surface area contributed by atoms with E-state index in [0.717, 1.165) is 31.9 Å². The molecular weight excluding hydrogens is 397 g/mol. The molecule has 0 spiro atoms. The average Bonchev–Trinajstić information content (AvgIpc) is 3.25. The number of aliphatic hydroxyl groups excluding tert-OH is 1. The molecular formula is C21H25F3N4O2. The maximum Gasteiger partial charge on any atom is 0.272 e. The van der Waals surface area contributed by atoms with Crippen molar-refractivity contribution in [3.05, 3.63) is 41.0 Å². The second kappa shape index (κ2) is 8.03. The van der Waals surface area contributed by atoms with Gasteiger partial charge >= 0.3 is 0 Å². The lowest BCUT2D eigenvalue weighted by molar-refractivity contribution is 0.0832. The van der Waals surface area contributed by atoms with Gasteiger partial charge in [-0.15, -0.1) is 0 Å². The molecule has 0 unspecified atom stereocenters. The van der Waals surface area contributed by atoms with E-state index >= 15 is 0 Å². The molecule has 4 rings (SSSR count). The number of nitrogens with one attached hydrogen (secondary N) is 1.